The summed E-state index contributed by atoms with van der Waals surface area (Å²) in [6.07, 6.45) is -0.154. The molecule has 11 nitrogen and oxygen atoms in total. The van der Waals surface area contributed by atoms with Crippen molar-refractivity contribution in [1.29, 1.82) is 0 Å². The van der Waals surface area contributed by atoms with Crippen molar-refractivity contribution in [2.75, 3.05) is 26.9 Å². The number of aromatic nitrogens is 2. The second kappa shape index (κ2) is 11.3. The van der Waals surface area contributed by atoms with Crippen LogP contribution < -0.4 is 14.8 Å². The third-order valence-electron chi connectivity index (χ3n) is 9.99. The van der Waals surface area contributed by atoms with Crippen LogP contribution in [0.1, 0.15) is 65.5 Å². The maximum Gasteiger partial charge on any atom is 0.408 e. The monoisotopic (exact) mass is 630 g/mol. The molecule has 1 saturated carbocycles. The molecule has 4 aliphatic rings. The molecule has 0 radical (unpaired) electrons. The summed E-state index contributed by atoms with van der Waals surface area (Å²) in [6.45, 7) is 7.13. The number of alkyl carbamates (subject to hydrolysis) is 1. The van der Waals surface area contributed by atoms with Crippen LogP contribution in [-0.4, -0.2) is 83.3 Å². The van der Waals surface area contributed by atoms with Crippen LogP contribution in [0.4, 0.5) is 13.6 Å². The Balaban J connectivity index is 1.41. The van der Waals surface area contributed by atoms with Gasteiger partial charge in [-0.05, 0) is 45.2 Å². The SMILES string of the molecule is COc1ccc2nc3c(nc2c1)O[C@H]1CN(C(=O)[C@H](C2(C)COC2)NC(=O)O[C@]2(C)C[C@H]2CCCCC3(F)F)[C@H](C(C)=O)[C@@H]1C. The topological polar surface area (TPSA) is 129 Å². The lowest BCUT2D eigenvalue weighted by atomic mass is 9.79. The van der Waals surface area contributed by atoms with Gasteiger partial charge in [-0.3, -0.25) is 9.59 Å². The van der Waals surface area contributed by atoms with Gasteiger partial charge in [0.25, 0.3) is 5.92 Å². The van der Waals surface area contributed by atoms with Crippen LogP contribution >= 0.6 is 0 Å². The van der Waals surface area contributed by atoms with Crippen LogP contribution in [0.2, 0.25) is 0 Å². The number of alkyl halides is 2. The molecule has 1 aromatic carbocycles. The first-order valence-corrected chi connectivity index (χ1v) is 15.5. The molecule has 2 aromatic rings. The fourth-order valence-electron chi connectivity index (χ4n) is 7.00. The second-order valence-electron chi connectivity index (χ2n) is 13.6. The molecule has 244 valence electrons. The van der Waals surface area contributed by atoms with E-state index in [0.717, 1.165) is 0 Å². The minimum atomic E-state index is -3.37. The number of nitrogens with one attached hydrogen (secondary N) is 1. The Kier molecular flexibility index (Phi) is 7.90. The quantitative estimate of drug-likeness (QED) is 0.525. The number of hydrogen-bond acceptors (Lipinski definition) is 9. The van der Waals surface area contributed by atoms with E-state index < -0.39 is 65.2 Å². The van der Waals surface area contributed by atoms with E-state index in [1.54, 1.807) is 25.1 Å². The summed E-state index contributed by atoms with van der Waals surface area (Å²) < 4.78 is 54.7. The molecule has 3 fully saturated rings. The molecule has 2 amide bonds. The summed E-state index contributed by atoms with van der Waals surface area (Å²) in [5.74, 6) is -4.59. The Hall–Kier alpha value is -3.61. The van der Waals surface area contributed by atoms with Crippen molar-refractivity contribution in [3.63, 3.8) is 0 Å². The van der Waals surface area contributed by atoms with Gasteiger partial charge in [0, 0.05) is 29.7 Å². The summed E-state index contributed by atoms with van der Waals surface area (Å²) in [6, 6.07) is 2.82. The smallest absolute Gasteiger partial charge is 0.408 e. The molecule has 4 heterocycles. The van der Waals surface area contributed by atoms with E-state index in [1.807, 2.05) is 13.8 Å². The van der Waals surface area contributed by atoms with E-state index in [2.05, 4.69) is 15.3 Å². The highest BCUT2D eigenvalue weighted by Crippen LogP contribution is 2.50. The van der Waals surface area contributed by atoms with Crippen LogP contribution in [-0.2, 0) is 25.0 Å². The van der Waals surface area contributed by atoms with E-state index in [-0.39, 0.29) is 49.3 Å². The number of ether oxygens (including phenoxy) is 4. The van der Waals surface area contributed by atoms with Crippen molar-refractivity contribution < 1.29 is 42.1 Å². The van der Waals surface area contributed by atoms with Crippen molar-refractivity contribution in [3.8, 4) is 11.6 Å². The third-order valence-corrected chi connectivity index (χ3v) is 9.99. The number of hydrogen-bond donors (Lipinski definition) is 1. The highest BCUT2D eigenvalue weighted by Gasteiger charge is 2.56. The molecule has 45 heavy (non-hydrogen) atoms. The molecule has 1 N–H and O–H groups in total. The summed E-state index contributed by atoms with van der Waals surface area (Å²) in [5, 5.41) is 2.79. The Bertz CT molecular complexity index is 1520. The first kappa shape index (κ1) is 31.4. The van der Waals surface area contributed by atoms with Gasteiger partial charge in [-0.2, -0.15) is 8.78 Å². The van der Waals surface area contributed by atoms with Crippen LogP contribution in [0.15, 0.2) is 18.2 Å². The number of nitrogens with zero attached hydrogens (tertiary/aromatic N) is 3. The number of halogens is 2. The van der Waals surface area contributed by atoms with Gasteiger partial charge in [-0.1, -0.05) is 20.3 Å². The standard InChI is InChI=1S/C32H40F2N4O7/c1-17-23-14-38(24(17)18(2)39)28(40)26(30(3)15-43-16-30)37-29(41)45-31(4)13-19(31)8-6-7-11-32(33,34)25-27(44-23)36-22-12-20(42-5)9-10-21(22)35-25/h9-10,12,17,19,23-24,26H,6-8,11,13-16H2,1-5H3,(H,37,41)/t17-,19-,23+,24+,26-,31-/m1/s1. The van der Waals surface area contributed by atoms with Crippen LogP contribution in [0.25, 0.3) is 11.0 Å². The number of carbonyl (C=O) groups excluding carboxylic acids is 3. The number of methoxy groups -OCH3 is 1. The van der Waals surface area contributed by atoms with E-state index in [1.165, 1.54) is 18.9 Å². The maximum atomic E-state index is 16.0. The molecular formula is C32H40F2N4O7. The Morgan fingerprint density at radius 2 is 1.89 bits per heavy atom. The van der Waals surface area contributed by atoms with Gasteiger partial charge >= 0.3 is 6.09 Å². The molecular weight excluding hydrogens is 590 g/mol. The summed E-state index contributed by atoms with van der Waals surface area (Å²) in [5.41, 5.74) is -1.49. The highest BCUT2D eigenvalue weighted by atomic mass is 19.3. The van der Waals surface area contributed by atoms with Gasteiger partial charge < -0.3 is 29.2 Å². The first-order chi connectivity index (χ1) is 21.2. The zero-order valence-electron chi connectivity index (χ0n) is 26.2. The number of ketones is 1. The molecule has 3 aliphatic heterocycles. The minimum absolute atomic E-state index is 0.0177. The Labute approximate surface area is 260 Å². The molecule has 0 unspecified atom stereocenters. The van der Waals surface area contributed by atoms with Crippen molar-refractivity contribution in [3.05, 3.63) is 23.9 Å². The number of Topliss-reactive ketones (excluding diaryl/α,β-unsaturated/α-hetero) is 1. The maximum absolute atomic E-state index is 16.0. The predicted molar refractivity (Wildman–Crippen MR) is 157 cm³/mol. The Morgan fingerprint density at radius 1 is 1.13 bits per heavy atom. The number of carbonyl (C=O) groups is 3. The second-order valence-corrected chi connectivity index (χ2v) is 13.6. The van der Waals surface area contributed by atoms with Gasteiger partial charge in [0.1, 0.15) is 23.5 Å². The normalized spacial score (nSPS) is 32.9. The first-order valence-electron chi connectivity index (χ1n) is 15.5. The van der Waals surface area contributed by atoms with Crippen molar-refractivity contribution in [2.24, 2.45) is 17.3 Å². The molecule has 2 saturated heterocycles. The van der Waals surface area contributed by atoms with Crippen LogP contribution in [0, 0.1) is 17.3 Å². The van der Waals surface area contributed by atoms with Gasteiger partial charge in [0.05, 0.1) is 43.9 Å². The number of amides is 2. The average molecular weight is 631 g/mol. The lowest BCUT2D eigenvalue weighted by Crippen LogP contribution is -2.64. The van der Waals surface area contributed by atoms with Crippen LogP contribution in [0.3, 0.4) is 0 Å². The lowest BCUT2D eigenvalue weighted by molar-refractivity contribution is -0.158. The zero-order chi connectivity index (χ0) is 32.3. The summed E-state index contributed by atoms with van der Waals surface area (Å²) >= 11 is 0. The molecule has 2 bridgehead atoms. The average Bonchev–Trinajstić information content (AvgIpc) is 3.48. The predicted octanol–water partition coefficient (Wildman–Crippen LogP) is 4.40. The molecule has 13 heteroatoms. The number of rotatable bonds is 3. The van der Waals surface area contributed by atoms with Gasteiger partial charge in [-0.25, -0.2) is 14.8 Å². The van der Waals surface area contributed by atoms with Gasteiger partial charge in [0.15, 0.2) is 11.5 Å². The number of benzene rings is 1. The molecule has 1 aromatic heterocycles. The van der Waals surface area contributed by atoms with E-state index >= 15 is 8.78 Å². The van der Waals surface area contributed by atoms with E-state index in [9.17, 15) is 14.4 Å². The fraction of sp³-hybridized carbons (Fsp3) is 0.656. The molecule has 1 aliphatic carbocycles. The summed E-state index contributed by atoms with van der Waals surface area (Å²) in [4.78, 5) is 50.6. The summed E-state index contributed by atoms with van der Waals surface area (Å²) in [7, 11) is 1.49. The highest BCUT2D eigenvalue weighted by molar-refractivity contribution is 5.93. The molecule has 6 atom stereocenters. The minimum Gasteiger partial charge on any atom is -0.497 e. The Morgan fingerprint density at radius 3 is 2.56 bits per heavy atom. The lowest BCUT2D eigenvalue weighted by Gasteiger charge is -2.45. The largest absolute Gasteiger partial charge is 0.497 e. The number of fused-ring (bicyclic) bond motifs is 5. The van der Waals surface area contributed by atoms with E-state index in [4.69, 9.17) is 18.9 Å². The van der Waals surface area contributed by atoms with Crippen molar-refractivity contribution in [1.82, 2.24) is 20.2 Å². The third kappa shape index (κ3) is 5.79. The molecule has 6 rings (SSSR count). The zero-order valence-corrected chi connectivity index (χ0v) is 26.2. The van der Waals surface area contributed by atoms with Crippen LogP contribution in [0.5, 0.6) is 11.6 Å². The molecule has 0 spiro atoms. The fourth-order valence-corrected chi connectivity index (χ4v) is 7.00. The van der Waals surface area contributed by atoms with E-state index in [0.29, 0.717) is 30.5 Å². The van der Waals surface area contributed by atoms with Crippen molar-refractivity contribution in [2.45, 2.75) is 89.5 Å². The van der Waals surface area contributed by atoms with Crippen molar-refractivity contribution >= 4 is 28.8 Å². The van der Waals surface area contributed by atoms with Gasteiger partial charge in [0.2, 0.25) is 11.8 Å². The van der Waals surface area contributed by atoms with Gasteiger partial charge in [-0.15, -0.1) is 0 Å².